The van der Waals surface area contributed by atoms with E-state index in [0.29, 0.717) is 47.2 Å². The van der Waals surface area contributed by atoms with E-state index in [-0.39, 0.29) is 32.8 Å². The number of rotatable bonds is 15. The van der Waals surface area contributed by atoms with E-state index in [1.807, 2.05) is 0 Å². The molecule has 0 spiro atoms. The van der Waals surface area contributed by atoms with Gasteiger partial charge in [-0.05, 0) is 48.7 Å². The maximum atomic E-state index is 12.1. The molecule has 0 radical (unpaired) electrons. The van der Waals surface area contributed by atoms with Crippen molar-refractivity contribution in [1.82, 2.24) is 38.3 Å². The Bertz CT molecular complexity index is 1840. The molecule has 20 heteroatoms. The standard InChI is InChI=1S/C28H32N14O4S2/c1-4-6-8-17-22(35-37-26-15(11-33-47-26)19(44)13-43)24(29)41(39-17)20-10-21(32-14-31-20)42-25(30)23(18(40-42)9-7-5-2)36-38-27-16(12-34-48-27)28(45)46-3/h10-12,14,43H,4-9,13,29-30H2,1-3H3/b37-35+,38-36+. The average Bonchev–Trinajstić information content (AvgIpc) is 3.90. The zero-order valence-electron chi connectivity index (χ0n) is 26.3. The van der Waals surface area contributed by atoms with Crippen LogP contribution in [0.5, 0.6) is 0 Å². The molecule has 5 aromatic rings. The topological polar surface area (TPSA) is 252 Å². The number of nitrogen functional groups attached to an aromatic ring is 2. The van der Waals surface area contributed by atoms with Crippen LogP contribution in [0.3, 0.4) is 0 Å². The fourth-order valence-electron chi connectivity index (χ4n) is 4.43. The van der Waals surface area contributed by atoms with E-state index < -0.39 is 18.4 Å². The van der Waals surface area contributed by atoms with Crippen LogP contribution in [0, 0.1) is 0 Å². The molecule has 0 aliphatic rings. The monoisotopic (exact) mass is 692 g/mol. The number of Topliss-reactive ketones (excluding diaryl/α,β-unsaturated/α-hetero) is 1. The quantitative estimate of drug-likeness (QED) is 0.0708. The van der Waals surface area contributed by atoms with Gasteiger partial charge in [-0.3, -0.25) is 4.79 Å². The summed E-state index contributed by atoms with van der Waals surface area (Å²) in [7, 11) is 1.27. The number of ketones is 1. The van der Waals surface area contributed by atoms with Gasteiger partial charge in [-0.15, -0.1) is 20.5 Å². The molecule has 0 bridgehead atoms. The van der Waals surface area contributed by atoms with Gasteiger partial charge in [-0.1, -0.05) is 26.7 Å². The lowest BCUT2D eigenvalue weighted by molar-refractivity contribution is 0.0601. The van der Waals surface area contributed by atoms with Crippen LogP contribution in [0.1, 0.15) is 71.6 Å². The SMILES string of the molecule is CCCCc1nn(-c2cc(-n3nc(CCCC)c(/N=N/c4sncc4C(=O)OC)c3N)ncn2)c(N)c1/N=N/c1sncc1C(=O)CO. The van der Waals surface area contributed by atoms with Crippen molar-refractivity contribution in [3.05, 3.63) is 47.3 Å². The lowest BCUT2D eigenvalue weighted by Gasteiger charge is -2.06. The second kappa shape index (κ2) is 15.5. The number of hydrogen-bond donors (Lipinski definition) is 3. The van der Waals surface area contributed by atoms with Crippen molar-refractivity contribution in [2.24, 2.45) is 20.5 Å². The first kappa shape index (κ1) is 34.0. The van der Waals surface area contributed by atoms with E-state index in [1.165, 1.54) is 35.2 Å². The van der Waals surface area contributed by atoms with Crippen LogP contribution >= 0.6 is 23.1 Å². The Kier molecular flexibility index (Phi) is 11.0. The van der Waals surface area contributed by atoms with Crippen molar-refractivity contribution < 1.29 is 19.4 Å². The van der Waals surface area contributed by atoms with Crippen LogP contribution in [-0.4, -0.2) is 68.9 Å². The summed E-state index contributed by atoms with van der Waals surface area (Å²) in [5.41, 5.74) is 15.3. The number of esters is 1. The number of carbonyl (C=O) groups is 2. The molecule has 0 saturated heterocycles. The number of ether oxygens (including phenoxy) is 1. The highest BCUT2D eigenvalue weighted by Crippen LogP contribution is 2.36. The van der Waals surface area contributed by atoms with E-state index in [4.69, 9.17) is 26.4 Å². The summed E-state index contributed by atoms with van der Waals surface area (Å²) in [6, 6.07) is 1.61. The first-order valence-electron chi connectivity index (χ1n) is 14.8. The molecule has 0 fully saturated rings. The number of aromatic nitrogens is 8. The normalized spacial score (nSPS) is 11.7. The van der Waals surface area contributed by atoms with Gasteiger partial charge in [-0.25, -0.2) is 14.8 Å². The third-order valence-corrected chi connectivity index (χ3v) is 8.34. The van der Waals surface area contributed by atoms with Gasteiger partial charge in [0.1, 0.15) is 18.5 Å². The molecule has 48 heavy (non-hydrogen) atoms. The van der Waals surface area contributed by atoms with E-state index in [1.54, 1.807) is 6.07 Å². The number of unbranched alkanes of at least 4 members (excludes halogenated alkanes) is 2. The molecule has 250 valence electrons. The molecule has 0 aliphatic carbocycles. The van der Waals surface area contributed by atoms with Gasteiger partial charge in [0.15, 0.2) is 50.4 Å². The summed E-state index contributed by atoms with van der Waals surface area (Å²) in [6.45, 7) is 3.43. The lowest BCUT2D eigenvalue weighted by atomic mass is 10.2. The van der Waals surface area contributed by atoms with Crippen molar-refractivity contribution in [3.63, 3.8) is 0 Å². The van der Waals surface area contributed by atoms with Crippen LogP contribution in [0.15, 0.2) is 45.2 Å². The second-order valence-electron chi connectivity index (χ2n) is 10.2. The summed E-state index contributed by atoms with van der Waals surface area (Å²) < 4.78 is 15.7. The van der Waals surface area contributed by atoms with E-state index in [0.717, 1.165) is 48.7 Å². The fraction of sp³-hybridized carbons (Fsp3) is 0.357. The maximum Gasteiger partial charge on any atom is 0.342 e. The van der Waals surface area contributed by atoms with Gasteiger partial charge < -0.3 is 21.3 Å². The number of nitrogens with two attached hydrogens (primary N) is 2. The van der Waals surface area contributed by atoms with Gasteiger partial charge in [0, 0.05) is 6.07 Å². The maximum absolute atomic E-state index is 12.1. The average molecular weight is 693 g/mol. The second-order valence-corrected chi connectivity index (χ2v) is 11.7. The highest BCUT2D eigenvalue weighted by molar-refractivity contribution is 7.10. The van der Waals surface area contributed by atoms with Crippen LogP contribution < -0.4 is 11.5 Å². The minimum Gasteiger partial charge on any atom is -0.465 e. The Morgan fingerprint density at radius 2 is 1.33 bits per heavy atom. The molecular formula is C28H32N14O4S2. The zero-order chi connectivity index (χ0) is 34.2. The molecule has 0 atom stereocenters. The Labute approximate surface area is 281 Å². The fourth-order valence-corrected chi connectivity index (χ4v) is 5.60. The van der Waals surface area contributed by atoms with Crippen LogP contribution in [0.4, 0.5) is 33.0 Å². The molecule has 0 aromatic carbocycles. The number of anilines is 2. The molecule has 5 rings (SSSR count). The predicted molar refractivity (Wildman–Crippen MR) is 178 cm³/mol. The number of carbonyl (C=O) groups excluding carboxylic acids is 2. The number of aliphatic hydroxyl groups excluding tert-OH is 1. The summed E-state index contributed by atoms with van der Waals surface area (Å²) in [4.78, 5) is 32.9. The molecule has 0 unspecified atom stereocenters. The van der Waals surface area contributed by atoms with Crippen molar-refractivity contribution in [1.29, 1.82) is 0 Å². The van der Waals surface area contributed by atoms with Gasteiger partial charge >= 0.3 is 5.97 Å². The number of azo groups is 2. The van der Waals surface area contributed by atoms with Crippen molar-refractivity contribution in [2.45, 2.75) is 52.4 Å². The highest BCUT2D eigenvalue weighted by atomic mass is 32.1. The van der Waals surface area contributed by atoms with Crippen LogP contribution in [-0.2, 0) is 17.6 Å². The van der Waals surface area contributed by atoms with Crippen LogP contribution in [0.25, 0.3) is 11.6 Å². The smallest absolute Gasteiger partial charge is 0.342 e. The van der Waals surface area contributed by atoms with Gasteiger partial charge in [-0.2, -0.15) is 28.3 Å². The van der Waals surface area contributed by atoms with Crippen molar-refractivity contribution >= 4 is 67.8 Å². The van der Waals surface area contributed by atoms with Gasteiger partial charge in [0.2, 0.25) is 0 Å². The molecular weight excluding hydrogens is 661 g/mol. The third-order valence-electron chi connectivity index (χ3n) is 6.97. The van der Waals surface area contributed by atoms with Crippen molar-refractivity contribution in [3.8, 4) is 11.6 Å². The number of nitrogens with zero attached hydrogens (tertiary/aromatic N) is 12. The Balaban J connectivity index is 1.53. The Morgan fingerprint density at radius 1 is 0.833 bits per heavy atom. The number of aryl methyl sites for hydroxylation is 2. The summed E-state index contributed by atoms with van der Waals surface area (Å²) in [5.74, 6) is -0.141. The summed E-state index contributed by atoms with van der Waals surface area (Å²) >= 11 is 1.97. The Hall–Kier alpha value is -5.34. The molecule has 0 amide bonds. The molecule has 0 saturated carbocycles. The molecule has 5 heterocycles. The van der Waals surface area contributed by atoms with E-state index in [9.17, 15) is 14.7 Å². The Morgan fingerprint density at radius 3 is 1.81 bits per heavy atom. The number of aliphatic hydroxyl groups is 1. The number of methoxy groups -OCH3 is 1. The molecule has 5 N–H and O–H groups in total. The minimum absolute atomic E-state index is 0.159. The zero-order valence-corrected chi connectivity index (χ0v) is 27.9. The predicted octanol–water partition coefficient (Wildman–Crippen LogP) is 5.40. The van der Waals surface area contributed by atoms with E-state index in [2.05, 4.69) is 53.0 Å². The number of hydrogen-bond acceptors (Lipinski definition) is 18. The van der Waals surface area contributed by atoms with Gasteiger partial charge in [0.05, 0.1) is 36.5 Å². The largest absolute Gasteiger partial charge is 0.465 e. The third kappa shape index (κ3) is 7.14. The molecule has 18 nitrogen and oxygen atoms in total. The minimum atomic E-state index is -0.674. The van der Waals surface area contributed by atoms with Gasteiger partial charge in [0.25, 0.3) is 0 Å². The highest BCUT2D eigenvalue weighted by Gasteiger charge is 2.22. The lowest BCUT2D eigenvalue weighted by Crippen LogP contribution is -2.09. The summed E-state index contributed by atoms with van der Waals surface area (Å²) in [5, 5.41) is 36.3. The van der Waals surface area contributed by atoms with Crippen LogP contribution in [0.2, 0.25) is 0 Å². The first-order valence-corrected chi connectivity index (χ1v) is 16.4. The molecule has 5 aromatic heterocycles. The van der Waals surface area contributed by atoms with Crippen molar-refractivity contribution in [2.75, 3.05) is 25.2 Å². The summed E-state index contributed by atoms with van der Waals surface area (Å²) in [6.07, 6.45) is 8.60. The van der Waals surface area contributed by atoms with E-state index >= 15 is 0 Å². The molecule has 0 aliphatic heterocycles. The first-order chi connectivity index (χ1) is 23.3.